The fourth-order valence-electron chi connectivity index (χ4n) is 1.41. The molecule has 5 nitrogen and oxygen atoms in total. The topological polar surface area (TPSA) is 70.8 Å². The molecule has 1 atom stereocenters. The molecular formula is C13H16F3NO4. The third kappa shape index (κ3) is 6.84. The Bertz CT molecular complexity index is 448. The molecule has 2 N–H and O–H groups in total. The second-order valence-electron chi connectivity index (χ2n) is 4.01. The number of nitrogens with two attached hydrogens (primary N) is 1. The van der Waals surface area contributed by atoms with Gasteiger partial charge < -0.3 is 19.9 Å². The van der Waals surface area contributed by atoms with Gasteiger partial charge in [-0.3, -0.25) is 4.79 Å². The van der Waals surface area contributed by atoms with Crippen LogP contribution >= 0.6 is 0 Å². The molecule has 0 heterocycles. The molecule has 8 heteroatoms. The molecule has 0 saturated carbocycles. The van der Waals surface area contributed by atoms with E-state index in [4.69, 9.17) is 15.2 Å². The summed E-state index contributed by atoms with van der Waals surface area (Å²) in [6, 6.07) is 4.13. The highest BCUT2D eigenvalue weighted by atomic mass is 19.4. The van der Waals surface area contributed by atoms with Crippen LogP contribution < -0.4 is 15.2 Å². The fourth-order valence-corrected chi connectivity index (χ4v) is 1.41. The van der Waals surface area contributed by atoms with Gasteiger partial charge in [-0.15, -0.1) is 13.2 Å². The molecule has 118 valence electrons. The summed E-state index contributed by atoms with van der Waals surface area (Å²) in [6.45, 7) is 2.05. The molecular weight excluding hydrogens is 291 g/mol. The van der Waals surface area contributed by atoms with Crippen LogP contribution in [0.1, 0.15) is 13.3 Å². The van der Waals surface area contributed by atoms with E-state index in [-0.39, 0.29) is 25.4 Å². The molecule has 0 spiro atoms. The number of hydrogen-bond acceptors (Lipinski definition) is 5. The number of benzene rings is 1. The maximum absolute atomic E-state index is 12.0. The summed E-state index contributed by atoms with van der Waals surface area (Å²) in [5.74, 6) is -0.506. The van der Waals surface area contributed by atoms with Crippen LogP contribution in [0.3, 0.4) is 0 Å². The minimum atomic E-state index is -4.73. The third-order valence-corrected chi connectivity index (χ3v) is 2.34. The normalized spacial score (nSPS) is 12.6. The largest absolute Gasteiger partial charge is 0.573 e. The third-order valence-electron chi connectivity index (χ3n) is 2.34. The fraction of sp³-hybridized carbons (Fsp3) is 0.462. The lowest BCUT2D eigenvalue weighted by Crippen LogP contribution is -2.33. The molecule has 0 amide bonds. The second kappa shape index (κ2) is 7.72. The molecule has 0 aliphatic heterocycles. The van der Waals surface area contributed by atoms with Gasteiger partial charge in [0.1, 0.15) is 17.5 Å². The van der Waals surface area contributed by atoms with Crippen molar-refractivity contribution in [3.63, 3.8) is 0 Å². The van der Waals surface area contributed by atoms with Crippen LogP contribution in [0.25, 0.3) is 0 Å². The average molecular weight is 307 g/mol. The van der Waals surface area contributed by atoms with Gasteiger partial charge in [0.2, 0.25) is 0 Å². The van der Waals surface area contributed by atoms with Gasteiger partial charge in [0, 0.05) is 6.42 Å². The number of halogens is 3. The van der Waals surface area contributed by atoms with E-state index in [2.05, 4.69) is 4.74 Å². The molecule has 1 unspecified atom stereocenters. The number of ether oxygens (including phenoxy) is 3. The molecule has 1 aromatic rings. The highest BCUT2D eigenvalue weighted by Gasteiger charge is 2.30. The first-order valence-corrected chi connectivity index (χ1v) is 6.22. The predicted octanol–water partition coefficient (Wildman–Crippen LogP) is 2.24. The summed E-state index contributed by atoms with van der Waals surface area (Å²) in [7, 11) is 0. The van der Waals surface area contributed by atoms with Crippen LogP contribution in [0.2, 0.25) is 0 Å². The van der Waals surface area contributed by atoms with Gasteiger partial charge in [0.15, 0.2) is 0 Å². The van der Waals surface area contributed by atoms with Gasteiger partial charge in [0.05, 0.1) is 13.2 Å². The minimum absolute atomic E-state index is 0.138. The second-order valence-corrected chi connectivity index (χ2v) is 4.01. The van der Waals surface area contributed by atoms with Crippen LogP contribution in [0.15, 0.2) is 24.3 Å². The lowest BCUT2D eigenvalue weighted by Gasteiger charge is -2.12. The Morgan fingerprint density at radius 2 is 1.81 bits per heavy atom. The van der Waals surface area contributed by atoms with Gasteiger partial charge >= 0.3 is 12.3 Å². The minimum Gasteiger partial charge on any atom is -0.494 e. The van der Waals surface area contributed by atoms with E-state index in [0.29, 0.717) is 5.75 Å². The monoisotopic (exact) mass is 307 g/mol. The maximum atomic E-state index is 12.0. The smallest absolute Gasteiger partial charge is 0.494 e. The van der Waals surface area contributed by atoms with Gasteiger partial charge in [-0.25, -0.2) is 0 Å². The van der Waals surface area contributed by atoms with Crippen molar-refractivity contribution in [3.8, 4) is 11.5 Å². The number of carbonyl (C=O) groups is 1. The Hall–Kier alpha value is -1.96. The van der Waals surface area contributed by atoms with Crippen LogP contribution in [0.4, 0.5) is 13.2 Å². The Labute approximate surface area is 119 Å². The van der Waals surface area contributed by atoms with E-state index in [0.717, 1.165) is 12.1 Å². The SMILES string of the molecule is CCOC(=O)C(N)CCOc1ccc(OC(F)(F)F)cc1. The summed E-state index contributed by atoms with van der Waals surface area (Å²) in [5, 5.41) is 0. The van der Waals surface area contributed by atoms with Crippen molar-refractivity contribution in [3.05, 3.63) is 24.3 Å². The van der Waals surface area contributed by atoms with Crippen LogP contribution in [0.5, 0.6) is 11.5 Å². The van der Waals surface area contributed by atoms with Gasteiger partial charge in [0.25, 0.3) is 0 Å². The average Bonchev–Trinajstić information content (AvgIpc) is 2.39. The summed E-state index contributed by atoms with van der Waals surface area (Å²) in [5.41, 5.74) is 5.56. The van der Waals surface area contributed by atoms with E-state index >= 15 is 0 Å². The van der Waals surface area contributed by atoms with Crippen molar-refractivity contribution in [1.82, 2.24) is 0 Å². The standard InChI is InChI=1S/C13H16F3NO4/c1-2-19-12(18)11(17)7-8-20-9-3-5-10(6-4-9)21-13(14,15)16/h3-6,11H,2,7-8,17H2,1H3. The summed E-state index contributed by atoms with van der Waals surface area (Å²) >= 11 is 0. The summed E-state index contributed by atoms with van der Waals surface area (Å²) in [4.78, 5) is 11.2. The molecule has 0 aliphatic carbocycles. The van der Waals surface area contributed by atoms with Crippen LogP contribution in [-0.4, -0.2) is 31.6 Å². The summed E-state index contributed by atoms with van der Waals surface area (Å²) in [6.07, 6.45) is -4.49. The zero-order valence-corrected chi connectivity index (χ0v) is 11.4. The Morgan fingerprint density at radius 3 is 2.33 bits per heavy atom. The first-order chi connectivity index (χ1) is 9.81. The molecule has 0 radical (unpaired) electrons. The first kappa shape index (κ1) is 17.1. The zero-order valence-electron chi connectivity index (χ0n) is 11.4. The molecule has 1 aromatic carbocycles. The summed E-state index contributed by atoms with van der Waals surface area (Å²) < 4.78 is 49.6. The molecule has 0 aromatic heterocycles. The number of hydrogen-bond donors (Lipinski definition) is 1. The van der Waals surface area contributed by atoms with Crippen molar-refractivity contribution in [1.29, 1.82) is 0 Å². The lowest BCUT2D eigenvalue weighted by atomic mass is 10.2. The van der Waals surface area contributed by atoms with Crippen molar-refractivity contribution >= 4 is 5.97 Å². The number of rotatable bonds is 7. The van der Waals surface area contributed by atoms with E-state index < -0.39 is 18.4 Å². The molecule has 0 saturated heterocycles. The molecule has 21 heavy (non-hydrogen) atoms. The molecule has 1 rings (SSSR count). The first-order valence-electron chi connectivity index (χ1n) is 6.22. The molecule has 0 bridgehead atoms. The van der Waals surface area contributed by atoms with Crippen molar-refractivity contribution in [2.75, 3.05) is 13.2 Å². The number of alkyl halides is 3. The Morgan fingerprint density at radius 1 is 1.24 bits per heavy atom. The quantitative estimate of drug-likeness (QED) is 0.782. The lowest BCUT2D eigenvalue weighted by molar-refractivity contribution is -0.274. The predicted molar refractivity (Wildman–Crippen MR) is 67.8 cm³/mol. The number of carbonyl (C=O) groups excluding carboxylic acids is 1. The van der Waals surface area contributed by atoms with Crippen molar-refractivity contribution < 1.29 is 32.2 Å². The molecule has 0 fully saturated rings. The maximum Gasteiger partial charge on any atom is 0.573 e. The van der Waals surface area contributed by atoms with E-state index in [9.17, 15) is 18.0 Å². The molecule has 0 aliphatic rings. The van der Waals surface area contributed by atoms with Gasteiger partial charge in [-0.05, 0) is 31.2 Å². The Balaban J connectivity index is 2.38. The van der Waals surface area contributed by atoms with E-state index in [1.807, 2.05) is 0 Å². The Kier molecular flexibility index (Phi) is 6.29. The van der Waals surface area contributed by atoms with Crippen LogP contribution in [0, 0.1) is 0 Å². The van der Waals surface area contributed by atoms with E-state index in [1.54, 1.807) is 6.92 Å². The van der Waals surface area contributed by atoms with Crippen molar-refractivity contribution in [2.24, 2.45) is 5.73 Å². The van der Waals surface area contributed by atoms with Crippen LogP contribution in [-0.2, 0) is 9.53 Å². The van der Waals surface area contributed by atoms with Gasteiger partial charge in [-0.2, -0.15) is 0 Å². The highest BCUT2D eigenvalue weighted by molar-refractivity contribution is 5.75. The van der Waals surface area contributed by atoms with E-state index in [1.165, 1.54) is 12.1 Å². The highest BCUT2D eigenvalue weighted by Crippen LogP contribution is 2.24. The van der Waals surface area contributed by atoms with Crippen molar-refractivity contribution in [2.45, 2.75) is 25.7 Å². The zero-order chi connectivity index (χ0) is 15.9. The van der Waals surface area contributed by atoms with Gasteiger partial charge in [-0.1, -0.05) is 0 Å². The number of esters is 1.